The number of nitrogen functional groups attached to an aromatic ring is 1. The van der Waals surface area contributed by atoms with Crippen LogP contribution in [0.3, 0.4) is 0 Å². The highest BCUT2D eigenvalue weighted by Gasteiger charge is 2.56. The molecule has 2 bridgehead atoms. The SMILES string of the molecule is C[C@H]1CN(c2cc(-c3cnc(N)nc3)nc(N3C[C@H]4C[C@@H]3CC4(F)F)n2)[C@@H](C)CO1. The van der Waals surface area contributed by atoms with Crippen LogP contribution in [-0.4, -0.2) is 63.7 Å². The summed E-state index contributed by atoms with van der Waals surface area (Å²) < 4.78 is 33.9. The smallest absolute Gasteiger partial charge is 0.254 e. The van der Waals surface area contributed by atoms with Crippen LogP contribution >= 0.6 is 0 Å². The monoisotopic (exact) mass is 417 g/mol. The summed E-state index contributed by atoms with van der Waals surface area (Å²) in [4.78, 5) is 21.8. The van der Waals surface area contributed by atoms with E-state index in [2.05, 4.69) is 21.8 Å². The van der Waals surface area contributed by atoms with E-state index in [9.17, 15) is 8.78 Å². The zero-order valence-corrected chi connectivity index (χ0v) is 17.0. The molecule has 4 atom stereocenters. The molecule has 3 fully saturated rings. The number of nitrogens with zero attached hydrogens (tertiary/aromatic N) is 6. The number of ether oxygens (including phenoxy) is 1. The van der Waals surface area contributed by atoms with Crippen LogP contribution in [0.1, 0.15) is 26.7 Å². The Balaban J connectivity index is 1.55. The minimum atomic E-state index is -2.60. The van der Waals surface area contributed by atoms with Crippen LogP contribution in [0.25, 0.3) is 11.3 Å². The molecule has 0 amide bonds. The van der Waals surface area contributed by atoms with Gasteiger partial charge in [-0.1, -0.05) is 0 Å². The second-order valence-electron chi connectivity index (χ2n) is 8.59. The molecule has 4 heterocycles. The van der Waals surface area contributed by atoms with Gasteiger partial charge in [0, 0.05) is 55.5 Å². The van der Waals surface area contributed by atoms with Crippen LogP contribution < -0.4 is 15.5 Å². The maximum absolute atomic E-state index is 14.1. The number of alkyl halides is 2. The Labute approximate surface area is 173 Å². The first-order valence-electron chi connectivity index (χ1n) is 10.3. The number of hydrogen-bond donors (Lipinski definition) is 1. The average molecular weight is 417 g/mol. The van der Waals surface area contributed by atoms with Crippen molar-refractivity contribution < 1.29 is 13.5 Å². The van der Waals surface area contributed by atoms with Gasteiger partial charge in [-0.2, -0.15) is 4.98 Å². The number of aromatic nitrogens is 4. The van der Waals surface area contributed by atoms with Gasteiger partial charge in [-0.3, -0.25) is 0 Å². The van der Waals surface area contributed by atoms with Crippen molar-refractivity contribution >= 4 is 17.7 Å². The molecule has 2 aromatic heterocycles. The Morgan fingerprint density at radius 2 is 1.90 bits per heavy atom. The van der Waals surface area contributed by atoms with E-state index < -0.39 is 11.8 Å². The predicted octanol–water partition coefficient (Wildman–Crippen LogP) is 2.36. The van der Waals surface area contributed by atoms with Crippen molar-refractivity contribution in [2.24, 2.45) is 5.92 Å². The fraction of sp³-hybridized carbons (Fsp3) is 0.600. The summed E-state index contributed by atoms with van der Waals surface area (Å²) in [6.07, 6.45) is 3.65. The molecule has 0 unspecified atom stereocenters. The molecule has 2 saturated heterocycles. The van der Waals surface area contributed by atoms with Gasteiger partial charge in [-0.25, -0.2) is 23.7 Å². The third kappa shape index (κ3) is 3.32. The van der Waals surface area contributed by atoms with Crippen molar-refractivity contribution in [3.05, 3.63) is 18.5 Å². The number of anilines is 3. The zero-order valence-electron chi connectivity index (χ0n) is 17.0. The third-order valence-electron chi connectivity index (χ3n) is 6.35. The van der Waals surface area contributed by atoms with Gasteiger partial charge in [-0.15, -0.1) is 0 Å². The Hall–Kier alpha value is -2.62. The molecular weight excluding hydrogens is 392 g/mol. The lowest BCUT2D eigenvalue weighted by molar-refractivity contribution is -0.0411. The second kappa shape index (κ2) is 6.97. The molecule has 8 nitrogen and oxygen atoms in total. The lowest BCUT2D eigenvalue weighted by Crippen LogP contribution is -2.48. The highest BCUT2D eigenvalue weighted by molar-refractivity contribution is 5.64. The third-order valence-corrected chi connectivity index (χ3v) is 6.35. The number of halogens is 2. The van der Waals surface area contributed by atoms with Gasteiger partial charge in [0.2, 0.25) is 11.9 Å². The molecule has 5 rings (SSSR count). The van der Waals surface area contributed by atoms with Crippen molar-refractivity contribution in [2.45, 2.75) is 50.8 Å². The zero-order chi connectivity index (χ0) is 21.0. The van der Waals surface area contributed by atoms with Gasteiger partial charge >= 0.3 is 0 Å². The van der Waals surface area contributed by atoms with Crippen LogP contribution in [0.2, 0.25) is 0 Å². The minimum Gasteiger partial charge on any atom is -0.375 e. The highest BCUT2D eigenvalue weighted by atomic mass is 19.3. The fourth-order valence-electron chi connectivity index (χ4n) is 4.68. The Bertz CT molecular complexity index is 941. The first kappa shape index (κ1) is 19.3. The maximum atomic E-state index is 14.1. The Morgan fingerprint density at radius 3 is 2.57 bits per heavy atom. The number of rotatable bonds is 3. The summed E-state index contributed by atoms with van der Waals surface area (Å²) >= 11 is 0. The molecule has 0 spiro atoms. The lowest BCUT2D eigenvalue weighted by Gasteiger charge is -2.38. The molecule has 160 valence electrons. The highest BCUT2D eigenvalue weighted by Crippen LogP contribution is 2.49. The summed E-state index contributed by atoms with van der Waals surface area (Å²) in [5.74, 6) is -1.82. The first-order valence-corrected chi connectivity index (χ1v) is 10.3. The van der Waals surface area contributed by atoms with E-state index in [1.807, 2.05) is 17.9 Å². The van der Waals surface area contributed by atoms with Crippen molar-refractivity contribution in [2.75, 3.05) is 35.2 Å². The van der Waals surface area contributed by atoms with Gasteiger partial charge in [0.25, 0.3) is 5.92 Å². The van der Waals surface area contributed by atoms with E-state index in [0.29, 0.717) is 36.8 Å². The van der Waals surface area contributed by atoms with Crippen LogP contribution in [0.15, 0.2) is 18.5 Å². The number of fused-ring (bicyclic) bond motifs is 2. The molecule has 3 aliphatic rings. The molecule has 1 saturated carbocycles. The minimum absolute atomic E-state index is 0.0735. The van der Waals surface area contributed by atoms with Crippen LogP contribution in [0, 0.1) is 5.92 Å². The molecule has 2 aromatic rings. The van der Waals surface area contributed by atoms with E-state index >= 15 is 0 Å². The molecule has 10 heteroatoms. The molecule has 30 heavy (non-hydrogen) atoms. The average Bonchev–Trinajstić information content (AvgIpc) is 3.26. The van der Waals surface area contributed by atoms with E-state index in [0.717, 1.165) is 5.82 Å². The van der Waals surface area contributed by atoms with Crippen molar-refractivity contribution in [3.63, 3.8) is 0 Å². The second-order valence-corrected chi connectivity index (χ2v) is 8.59. The largest absolute Gasteiger partial charge is 0.375 e. The molecule has 2 N–H and O–H groups in total. The normalized spacial score (nSPS) is 30.1. The summed E-state index contributed by atoms with van der Waals surface area (Å²) in [5, 5.41) is 0. The molecule has 0 radical (unpaired) electrons. The summed E-state index contributed by atoms with van der Waals surface area (Å²) in [6.45, 7) is 5.67. The van der Waals surface area contributed by atoms with Crippen LogP contribution in [0.4, 0.5) is 26.5 Å². The molecule has 0 aromatic carbocycles. The van der Waals surface area contributed by atoms with E-state index in [4.69, 9.17) is 20.4 Å². The van der Waals surface area contributed by atoms with E-state index in [1.165, 1.54) is 0 Å². The van der Waals surface area contributed by atoms with Gasteiger partial charge in [0.05, 0.1) is 24.4 Å². The summed E-state index contributed by atoms with van der Waals surface area (Å²) in [6, 6.07) is 1.80. The van der Waals surface area contributed by atoms with Gasteiger partial charge < -0.3 is 20.3 Å². The number of piperidine rings is 1. The van der Waals surface area contributed by atoms with Crippen LogP contribution in [-0.2, 0) is 4.74 Å². The number of morpholine rings is 1. The number of nitrogens with two attached hydrogens (primary N) is 1. The summed E-state index contributed by atoms with van der Waals surface area (Å²) in [5.41, 5.74) is 6.98. The van der Waals surface area contributed by atoms with Crippen molar-refractivity contribution in [1.82, 2.24) is 19.9 Å². The topological polar surface area (TPSA) is 93.3 Å². The lowest BCUT2D eigenvalue weighted by atomic mass is 10.1. The number of hydrogen-bond acceptors (Lipinski definition) is 8. The quantitative estimate of drug-likeness (QED) is 0.814. The van der Waals surface area contributed by atoms with Crippen molar-refractivity contribution in [3.8, 4) is 11.3 Å². The molecular formula is C20H25F2N7O. The standard InChI is InChI=1S/C20H25F2N7O/c1-11-10-30-12(2)8-28(11)17-4-16(13-6-24-18(23)25-7-13)26-19(27-17)29-9-14-3-15(29)5-20(14,21)22/h4,6-7,11-12,14-15H,3,5,8-10H2,1-2H3,(H2,23,24,25)/t11-,12-,14+,15+/m0/s1. The Kier molecular flexibility index (Phi) is 4.49. The van der Waals surface area contributed by atoms with Crippen molar-refractivity contribution in [1.29, 1.82) is 0 Å². The molecule has 1 aliphatic carbocycles. The summed E-state index contributed by atoms with van der Waals surface area (Å²) in [7, 11) is 0. The molecule has 2 aliphatic heterocycles. The fourth-order valence-corrected chi connectivity index (χ4v) is 4.68. The van der Waals surface area contributed by atoms with E-state index in [1.54, 1.807) is 12.4 Å². The van der Waals surface area contributed by atoms with Gasteiger partial charge in [0.15, 0.2) is 0 Å². The van der Waals surface area contributed by atoms with Gasteiger partial charge in [0.1, 0.15) is 5.82 Å². The first-order chi connectivity index (χ1) is 14.3. The van der Waals surface area contributed by atoms with Gasteiger partial charge in [-0.05, 0) is 20.3 Å². The predicted molar refractivity (Wildman–Crippen MR) is 108 cm³/mol. The maximum Gasteiger partial charge on any atom is 0.254 e. The Morgan fingerprint density at radius 1 is 1.13 bits per heavy atom. The van der Waals surface area contributed by atoms with E-state index in [-0.39, 0.29) is 37.1 Å². The van der Waals surface area contributed by atoms with Crippen LogP contribution in [0.5, 0.6) is 0 Å².